The van der Waals surface area contributed by atoms with Crippen molar-refractivity contribution >= 4 is 11.5 Å². The highest BCUT2D eigenvalue weighted by molar-refractivity contribution is 5.67. The monoisotopic (exact) mass is 250 g/mol. The zero-order chi connectivity index (χ0) is 13.5. The maximum atomic E-state index is 5.99. The lowest BCUT2D eigenvalue weighted by molar-refractivity contribution is 0.262. The van der Waals surface area contributed by atoms with Gasteiger partial charge < -0.3 is 15.8 Å². The molecule has 1 aromatic rings. The Hall–Kier alpha value is -1.78. The van der Waals surface area contributed by atoms with Crippen LogP contribution in [0.3, 0.4) is 0 Å². The standard InChI is InChI=1S/C13H22N4O/c1-5-7-15-12-11(14)13(18-8-9(3)4)17-10(6-2)16-12/h5,9H,1,6-8,14H2,2-4H3,(H,15,16,17). The number of nitrogens with zero attached hydrogens (tertiary/aromatic N) is 2. The summed E-state index contributed by atoms with van der Waals surface area (Å²) in [7, 11) is 0. The minimum Gasteiger partial charge on any atom is -0.476 e. The van der Waals surface area contributed by atoms with Crippen molar-refractivity contribution in [2.45, 2.75) is 27.2 Å². The fourth-order valence-electron chi connectivity index (χ4n) is 1.31. The normalized spacial score (nSPS) is 10.4. The van der Waals surface area contributed by atoms with Crippen LogP contribution in [0.15, 0.2) is 12.7 Å². The highest BCUT2D eigenvalue weighted by atomic mass is 16.5. The van der Waals surface area contributed by atoms with Crippen molar-refractivity contribution in [2.24, 2.45) is 5.92 Å². The molecular formula is C13H22N4O. The Morgan fingerprint density at radius 1 is 1.44 bits per heavy atom. The number of ether oxygens (including phenoxy) is 1. The van der Waals surface area contributed by atoms with Gasteiger partial charge in [0, 0.05) is 13.0 Å². The van der Waals surface area contributed by atoms with Gasteiger partial charge in [0.05, 0.1) is 6.61 Å². The number of nitrogen functional groups attached to an aromatic ring is 1. The van der Waals surface area contributed by atoms with Crippen LogP contribution >= 0.6 is 0 Å². The molecule has 1 aromatic heterocycles. The minimum absolute atomic E-state index is 0.425. The van der Waals surface area contributed by atoms with Crippen molar-refractivity contribution in [2.75, 3.05) is 24.2 Å². The fraction of sp³-hybridized carbons (Fsp3) is 0.538. The predicted octanol–water partition coefficient (Wildman–Crippen LogP) is 2.25. The maximum absolute atomic E-state index is 5.99. The van der Waals surface area contributed by atoms with Crippen LogP contribution in [0.25, 0.3) is 0 Å². The summed E-state index contributed by atoms with van der Waals surface area (Å²) in [6.07, 6.45) is 2.49. The Morgan fingerprint density at radius 3 is 2.72 bits per heavy atom. The van der Waals surface area contributed by atoms with E-state index in [1.54, 1.807) is 6.08 Å². The summed E-state index contributed by atoms with van der Waals surface area (Å²) in [5.74, 6) is 2.21. The van der Waals surface area contributed by atoms with Gasteiger partial charge in [0.15, 0.2) is 5.82 Å². The molecule has 5 nitrogen and oxygen atoms in total. The van der Waals surface area contributed by atoms with Crippen LogP contribution in [0.2, 0.25) is 0 Å². The van der Waals surface area contributed by atoms with E-state index in [-0.39, 0.29) is 0 Å². The number of nitrogens with two attached hydrogens (primary N) is 1. The van der Waals surface area contributed by atoms with Crippen molar-refractivity contribution in [1.82, 2.24) is 9.97 Å². The van der Waals surface area contributed by atoms with Gasteiger partial charge in [0.1, 0.15) is 11.5 Å². The summed E-state index contributed by atoms with van der Waals surface area (Å²) >= 11 is 0. The lowest BCUT2D eigenvalue weighted by Gasteiger charge is -2.14. The second kappa shape index (κ2) is 6.83. The Bertz CT molecular complexity index is 404. The van der Waals surface area contributed by atoms with Gasteiger partial charge in [-0.25, -0.2) is 4.98 Å². The molecule has 0 aliphatic heterocycles. The number of rotatable bonds is 7. The van der Waals surface area contributed by atoms with E-state index >= 15 is 0 Å². The van der Waals surface area contributed by atoms with Gasteiger partial charge in [-0.1, -0.05) is 26.8 Å². The molecule has 0 saturated carbocycles. The van der Waals surface area contributed by atoms with Crippen LogP contribution in [0.5, 0.6) is 5.88 Å². The molecule has 3 N–H and O–H groups in total. The molecule has 0 aromatic carbocycles. The average molecular weight is 250 g/mol. The van der Waals surface area contributed by atoms with Crippen LogP contribution in [0.4, 0.5) is 11.5 Å². The first-order chi connectivity index (χ1) is 8.58. The largest absolute Gasteiger partial charge is 0.476 e. The molecule has 0 unspecified atom stereocenters. The number of aromatic nitrogens is 2. The van der Waals surface area contributed by atoms with E-state index in [1.165, 1.54) is 0 Å². The lowest BCUT2D eigenvalue weighted by Crippen LogP contribution is -2.12. The van der Waals surface area contributed by atoms with E-state index in [0.29, 0.717) is 36.5 Å². The van der Waals surface area contributed by atoms with E-state index in [1.807, 2.05) is 6.92 Å². The lowest BCUT2D eigenvalue weighted by atomic mass is 10.2. The topological polar surface area (TPSA) is 73.1 Å². The molecule has 0 aliphatic carbocycles. The fourth-order valence-corrected chi connectivity index (χ4v) is 1.31. The molecule has 100 valence electrons. The molecule has 0 atom stereocenters. The summed E-state index contributed by atoms with van der Waals surface area (Å²) in [5.41, 5.74) is 6.44. The zero-order valence-corrected chi connectivity index (χ0v) is 11.4. The smallest absolute Gasteiger partial charge is 0.242 e. The van der Waals surface area contributed by atoms with Gasteiger partial charge in [-0.2, -0.15) is 4.98 Å². The zero-order valence-electron chi connectivity index (χ0n) is 11.4. The highest BCUT2D eigenvalue weighted by Crippen LogP contribution is 2.26. The molecule has 1 rings (SSSR count). The molecule has 1 heterocycles. The van der Waals surface area contributed by atoms with Crippen LogP contribution in [-0.4, -0.2) is 23.1 Å². The van der Waals surface area contributed by atoms with E-state index in [9.17, 15) is 0 Å². The molecular weight excluding hydrogens is 228 g/mol. The van der Waals surface area contributed by atoms with Gasteiger partial charge in [-0.15, -0.1) is 6.58 Å². The van der Waals surface area contributed by atoms with Crippen molar-refractivity contribution in [3.63, 3.8) is 0 Å². The second-order valence-corrected chi connectivity index (χ2v) is 4.44. The Balaban J connectivity index is 2.96. The SMILES string of the molecule is C=CCNc1nc(CC)nc(OCC(C)C)c1N. The van der Waals surface area contributed by atoms with Gasteiger partial charge in [0.25, 0.3) is 0 Å². The average Bonchev–Trinajstić information content (AvgIpc) is 2.35. The molecule has 0 bridgehead atoms. The third-order valence-corrected chi connectivity index (χ3v) is 2.24. The summed E-state index contributed by atoms with van der Waals surface area (Å²) in [5, 5.41) is 3.09. The predicted molar refractivity (Wildman–Crippen MR) is 74.8 cm³/mol. The third-order valence-electron chi connectivity index (χ3n) is 2.24. The molecule has 0 amide bonds. The molecule has 0 aliphatic rings. The molecule has 5 heteroatoms. The Kier molecular flexibility index (Phi) is 5.42. The van der Waals surface area contributed by atoms with Crippen molar-refractivity contribution < 1.29 is 4.74 Å². The van der Waals surface area contributed by atoms with Gasteiger partial charge in [-0.3, -0.25) is 0 Å². The number of hydrogen-bond donors (Lipinski definition) is 2. The van der Waals surface area contributed by atoms with Crippen molar-refractivity contribution in [1.29, 1.82) is 0 Å². The number of aryl methyl sites for hydroxylation is 1. The molecule has 0 saturated heterocycles. The quantitative estimate of drug-likeness (QED) is 0.726. The summed E-state index contributed by atoms with van der Waals surface area (Å²) in [4.78, 5) is 8.65. The van der Waals surface area contributed by atoms with Crippen LogP contribution < -0.4 is 15.8 Å². The van der Waals surface area contributed by atoms with E-state index in [0.717, 1.165) is 12.2 Å². The van der Waals surface area contributed by atoms with Crippen molar-refractivity contribution in [3.05, 3.63) is 18.5 Å². The maximum Gasteiger partial charge on any atom is 0.242 e. The van der Waals surface area contributed by atoms with Gasteiger partial charge in [-0.05, 0) is 5.92 Å². The summed E-state index contributed by atoms with van der Waals surface area (Å²) in [6, 6.07) is 0. The van der Waals surface area contributed by atoms with Gasteiger partial charge in [0.2, 0.25) is 5.88 Å². The van der Waals surface area contributed by atoms with E-state index in [2.05, 4.69) is 35.7 Å². The third kappa shape index (κ3) is 3.91. The minimum atomic E-state index is 0.425. The van der Waals surface area contributed by atoms with Gasteiger partial charge >= 0.3 is 0 Å². The summed E-state index contributed by atoms with van der Waals surface area (Å²) in [6.45, 7) is 11.0. The molecule has 0 radical (unpaired) electrons. The number of hydrogen-bond acceptors (Lipinski definition) is 5. The first kappa shape index (κ1) is 14.3. The van der Waals surface area contributed by atoms with E-state index in [4.69, 9.17) is 10.5 Å². The Labute approximate surface area is 108 Å². The van der Waals surface area contributed by atoms with Crippen molar-refractivity contribution in [3.8, 4) is 5.88 Å². The van der Waals surface area contributed by atoms with Crippen LogP contribution in [0.1, 0.15) is 26.6 Å². The Morgan fingerprint density at radius 2 is 2.17 bits per heavy atom. The summed E-state index contributed by atoms with van der Waals surface area (Å²) < 4.78 is 5.62. The van der Waals surface area contributed by atoms with Crippen LogP contribution in [0, 0.1) is 5.92 Å². The van der Waals surface area contributed by atoms with E-state index < -0.39 is 0 Å². The molecule has 18 heavy (non-hydrogen) atoms. The molecule has 0 fully saturated rings. The first-order valence-corrected chi connectivity index (χ1v) is 6.22. The van der Waals surface area contributed by atoms with Crippen LogP contribution in [-0.2, 0) is 6.42 Å². The number of anilines is 2. The molecule has 0 spiro atoms. The second-order valence-electron chi connectivity index (χ2n) is 4.44. The highest BCUT2D eigenvalue weighted by Gasteiger charge is 2.12. The number of nitrogens with one attached hydrogen (secondary N) is 1. The first-order valence-electron chi connectivity index (χ1n) is 6.22.